The molecule has 3 rings (SSSR count). The average molecular weight is 390 g/mol. The van der Waals surface area contributed by atoms with Gasteiger partial charge < -0.3 is 15.4 Å². The van der Waals surface area contributed by atoms with Gasteiger partial charge in [-0.1, -0.05) is 19.9 Å². The first-order valence-electron chi connectivity index (χ1n) is 8.52. The largest absolute Gasteiger partial charge is 0.377 e. The molecule has 2 N–H and O–H groups in total. The lowest BCUT2D eigenvalue weighted by atomic mass is 9.46. The molecule has 5 nitrogen and oxygen atoms in total. The lowest BCUT2D eigenvalue weighted by molar-refractivity contribution is -0.230. The quantitative estimate of drug-likeness (QED) is 0.859. The summed E-state index contributed by atoms with van der Waals surface area (Å²) in [7, 11) is 0. The van der Waals surface area contributed by atoms with Crippen molar-refractivity contribution in [2.45, 2.75) is 51.8 Å². The SMILES string of the molecule is CCN(Cc1ccccn1)C(=O)C1(N)C2CCCOC2C1(C)C.Cl.Cl. The van der Waals surface area contributed by atoms with E-state index in [1.54, 1.807) is 6.20 Å². The number of pyridine rings is 1. The Morgan fingerprint density at radius 1 is 1.40 bits per heavy atom. The van der Waals surface area contributed by atoms with Gasteiger partial charge in [-0.3, -0.25) is 9.78 Å². The third kappa shape index (κ3) is 3.39. The Morgan fingerprint density at radius 3 is 2.72 bits per heavy atom. The molecule has 0 radical (unpaired) electrons. The highest BCUT2D eigenvalue weighted by atomic mass is 35.5. The normalized spacial score (nSPS) is 29.3. The number of halogens is 2. The van der Waals surface area contributed by atoms with Crippen LogP contribution in [0.4, 0.5) is 0 Å². The summed E-state index contributed by atoms with van der Waals surface area (Å²) in [6.45, 7) is 8.02. The Hall–Kier alpha value is -0.880. The number of carbonyl (C=O) groups is 1. The maximum Gasteiger partial charge on any atom is 0.244 e. The van der Waals surface area contributed by atoms with Gasteiger partial charge in [0.15, 0.2) is 0 Å². The van der Waals surface area contributed by atoms with Crippen LogP contribution in [0.2, 0.25) is 0 Å². The van der Waals surface area contributed by atoms with E-state index in [1.165, 1.54) is 0 Å². The van der Waals surface area contributed by atoms with Gasteiger partial charge in [0.25, 0.3) is 0 Å². The van der Waals surface area contributed by atoms with E-state index in [0.29, 0.717) is 13.1 Å². The first-order valence-corrected chi connectivity index (χ1v) is 8.52. The topological polar surface area (TPSA) is 68.5 Å². The summed E-state index contributed by atoms with van der Waals surface area (Å²) in [6, 6.07) is 5.76. The van der Waals surface area contributed by atoms with Gasteiger partial charge in [-0.05, 0) is 31.9 Å². The molecular formula is C18H29Cl2N3O2. The van der Waals surface area contributed by atoms with Crippen LogP contribution in [-0.4, -0.2) is 40.6 Å². The molecule has 3 unspecified atom stereocenters. The number of fused-ring (bicyclic) bond motifs is 1. The molecular weight excluding hydrogens is 361 g/mol. The Kier molecular flexibility index (Phi) is 7.28. The lowest BCUT2D eigenvalue weighted by Crippen LogP contribution is -2.82. The van der Waals surface area contributed by atoms with Crippen LogP contribution in [-0.2, 0) is 16.1 Å². The number of rotatable bonds is 4. The third-order valence-electron chi connectivity index (χ3n) is 5.79. The molecule has 1 aliphatic carbocycles. The second-order valence-corrected chi connectivity index (χ2v) is 7.27. The molecule has 1 saturated carbocycles. The number of hydrogen-bond acceptors (Lipinski definition) is 4. The predicted molar refractivity (Wildman–Crippen MR) is 103 cm³/mol. The van der Waals surface area contributed by atoms with Gasteiger partial charge in [-0.15, -0.1) is 24.8 Å². The second-order valence-electron chi connectivity index (χ2n) is 7.27. The van der Waals surface area contributed by atoms with E-state index in [4.69, 9.17) is 10.5 Å². The van der Waals surface area contributed by atoms with Crippen LogP contribution < -0.4 is 5.73 Å². The van der Waals surface area contributed by atoms with Crippen LogP contribution in [0.1, 0.15) is 39.3 Å². The van der Waals surface area contributed by atoms with E-state index in [1.807, 2.05) is 30.0 Å². The van der Waals surface area contributed by atoms with E-state index in [9.17, 15) is 4.79 Å². The molecule has 0 spiro atoms. The fourth-order valence-corrected chi connectivity index (χ4v) is 4.29. The highest BCUT2D eigenvalue weighted by Crippen LogP contribution is 2.58. The summed E-state index contributed by atoms with van der Waals surface area (Å²) >= 11 is 0. The summed E-state index contributed by atoms with van der Waals surface area (Å²) < 4.78 is 5.91. The minimum Gasteiger partial charge on any atom is -0.377 e. The predicted octanol–water partition coefficient (Wildman–Crippen LogP) is 2.81. The molecule has 1 aromatic rings. The van der Waals surface area contributed by atoms with Crippen molar-refractivity contribution in [2.24, 2.45) is 17.1 Å². The van der Waals surface area contributed by atoms with Crippen molar-refractivity contribution in [3.05, 3.63) is 30.1 Å². The van der Waals surface area contributed by atoms with Crippen molar-refractivity contribution in [3.63, 3.8) is 0 Å². The monoisotopic (exact) mass is 389 g/mol. The van der Waals surface area contributed by atoms with Crippen LogP contribution in [0.5, 0.6) is 0 Å². The molecule has 2 aliphatic rings. The molecule has 1 amide bonds. The maximum absolute atomic E-state index is 13.3. The fourth-order valence-electron chi connectivity index (χ4n) is 4.29. The number of aromatic nitrogens is 1. The van der Waals surface area contributed by atoms with Crippen LogP contribution in [0.15, 0.2) is 24.4 Å². The molecule has 0 bridgehead atoms. The Balaban J connectivity index is 0.00000156. The lowest BCUT2D eigenvalue weighted by Gasteiger charge is -2.65. The third-order valence-corrected chi connectivity index (χ3v) is 5.79. The van der Waals surface area contributed by atoms with E-state index >= 15 is 0 Å². The number of amides is 1. The zero-order valence-electron chi connectivity index (χ0n) is 15.1. The summed E-state index contributed by atoms with van der Waals surface area (Å²) in [5, 5.41) is 0. The van der Waals surface area contributed by atoms with Gasteiger partial charge in [0, 0.05) is 30.7 Å². The smallest absolute Gasteiger partial charge is 0.244 e. The van der Waals surface area contributed by atoms with Gasteiger partial charge in [-0.25, -0.2) is 0 Å². The molecule has 3 atom stereocenters. The van der Waals surface area contributed by atoms with E-state index < -0.39 is 5.54 Å². The van der Waals surface area contributed by atoms with Crippen LogP contribution in [0.3, 0.4) is 0 Å². The summed E-state index contributed by atoms with van der Waals surface area (Å²) in [6.07, 6.45) is 3.80. The van der Waals surface area contributed by atoms with Crippen LogP contribution >= 0.6 is 24.8 Å². The number of likely N-dealkylation sites (N-methyl/N-ethyl adjacent to an activating group) is 1. The minimum atomic E-state index is -0.844. The van der Waals surface area contributed by atoms with Gasteiger partial charge in [0.2, 0.25) is 5.91 Å². The van der Waals surface area contributed by atoms with Crippen LogP contribution in [0, 0.1) is 11.3 Å². The first kappa shape index (κ1) is 22.2. The molecule has 1 saturated heterocycles. The van der Waals surface area contributed by atoms with Crippen LogP contribution in [0.25, 0.3) is 0 Å². The number of ether oxygens (including phenoxy) is 1. The molecule has 0 aromatic carbocycles. The first-order chi connectivity index (χ1) is 10.9. The number of hydrogen-bond donors (Lipinski definition) is 1. The molecule has 2 heterocycles. The van der Waals surface area contributed by atoms with E-state index in [2.05, 4.69) is 18.8 Å². The van der Waals surface area contributed by atoms with Gasteiger partial charge >= 0.3 is 0 Å². The molecule has 2 fully saturated rings. The van der Waals surface area contributed by atoms with Gasteiger partial charge in [0.05, 0.1) is 18.3 Å². The average Bonchev–Trinajstić information content (AvgIpc) is 2.59. The Labute approximate surface area is 162 Å². The van der Waals surface area contributed by atoms with Crippen molar-refractivity contribution in [1.82, 2.24) is 9.88 Å². The summed E-state index contributed by atoms with van der Waals surface area (Å²) in [4.78, 5) is 19.4. The van der Waals surface area contributed by atoms with Gasteiger partial charge in [-0.2, -0.15) is 0 Å². The number of nitrogens with two attached hydrogens (primary N) is 1. The zero-order chi connectivity index (χ0) is 16.7. The minimum absolute atomic E-state index is 0. The zero-order valence-corrected chi connectivity index (χ0v) is 16.7. The van der Waals surface area contributed by atoms with Crippen molar-refractivity contribution in [1.29, 1.82) is 0 Å². The number of carbonyl (C=O) groups excluding carboxylic acids is 1. The van der Waals surface area contributed by atoms with Gasteiger partial charge in [0.1, 0.15) is 5.54 Å². The number of nitrogens with zero attached hydrogens (tertiary/aromatic N) is 2. The molecule has 1 aromatic heterocycles. The Bertz CT molecular complexity index is 585. The molecule has 1 aliphatic heterocycles. The van der Waals surface area contributed by atoms with Crippen molar-refractivity contribution in [2.75, 3.05) is 13.2 Å². The van der Waals surface area contributed by atoms with Crippen molar-refractivity contribution < 1.29 is 9.53 Å². The molecule has 7 heteroatoms. The fraction of sp³-hybridized carbons (Fsp3) is 0.667. The van der Waals surface area contributed by atoms with Crippen molar-refractivity contribution in [3.8, 4) is 0 Å². The maximum atomic E-state index is 13.3. The van der Waals surface area contributed by atoms with E-state index in [0.717, 1.165) is 25.1 Å². The molecule has 142 valence electrons. The molecule has 25 heavy (non-hydrogen) atoms. The van der Waals surface area contributed by atoms with Crippen molar-refractivity contribution >= 4 is 30.7 Å². The summed E-state index contributed by atoms with van der Waals surface area (Å²) in [5.74, 6) is 0.152. The standard InChI is InChI=1S/C18H27N3O2.2ClH/c1-4-21(12-13-8-5-6-10-20-13)16(22)18(19)14-9-7-11-23-15(14)17(18,2)3;;/h5-6,8,10,14-15H,4,7,9,11-12,19H2,1-3H3;2*1H. The highest BCUT2D eigenvalue weighted by Gasteiger charge is 2.70. The summed E-state index contributed by atoms with van der Waals surface area (Å²) in [5.41, 5.74) is 6.42. The van der Waals surface area contributed by atoms with E-state index in [-0.39, 0.29) is 48.2 Å². The second kappa shape index (κ2) is 8.21. The Morgan fingerprint density at radius 2 is 2.12 bits per heavy atom. The highest BCUT2D eigenvalue weighted by molar-refractivity contribution is 5.89.